The summed E-state index contributed by atoms with van der Waals surface area (Å²) < 4.78 is 7.44. The van der Waals surface area contributed by atoms with Gasteiger partial charge in [0.25, 0.3) is 0 Å². The minimum atomic E-state index is -0.225. The maximum Gasteiger partial charge on any atom is 0.319 e. The van der Waals surface area contributed by atoms with Gasteiger partial charge in [-0.25, -0.2) is 14.5 Å². The van der Waals surface area contributed by atoms with E-state index in [2.05, 4.69) is 20.7 Å². The van der Waals surface area contributed by atoms with Gasteiger partial charge in [0.1, 0.15) is 0 Å². The van der Waals surface area contributed by atoms with Crippen molar-refractivity contribution >= 4 is 11.7 Å². The lowest BCUT2D eigenvalue weighted by atomic mass is 10.1. The lowest BCUT2D eigenvalue weighted by Gasteiger charge is -2.22. The summed E-state index contributed by atoms with van der Waals surface area (Å²) in [6, 6.07) is 5.43. The number of rotatable bonds is 5. The van der Waals surface area contributed by atoms with Crippen molar-refractivity contribution in [2.24, 2.45) is 0 Å². The van der Waals surface area contributed by atoms with Crippen LogP contribution in [0.15, 0.2) is 24.4 Å². The van der Waals surface area contributed by atoms with E-state index in [1.807, 2.05) is 32.0 Å². The number of pyridine rings is 1. The van der Waals surface area contributed by atoms with Crippen molar-refractivity contribution in [1.82, 2.24) is 20.1 Å². The van der Waals surface area contributed by atoms with E-state index in [-0.39, 0.29) is 12.1 Å². The van der Waals surface area contributed by atoms with E-state index in [0.29, 0.717) is 12.2 Å². The van der Waals surface area contributed by atoms with E-state index >= 15 is 0 Å². The van der Waals surface area contributed by atoms with Gasteiger partial charge >= 0.3 is 6.03 Å². The largest absolute Gasteiger partial charge is 0.378 e. The third kappa shape index (κ3) is 4.79. The molecule has 1 saturated heterocycles. The summed E-state index contributed by atoms with van der Waals surface area (Å²) in [6.07, 6.45) is 6.20. The highest BCUT2D eigenvalue weighted by Gasteiger charge is 2.13. The molecular formula is C18H25N5O2. The molecule has 0 bridgehead atoms. The van der Waals surface area contributed by atoms with Gasteiger partial charge in [0, 0.05) is 18.8 Å². The van der Waals surface area contributed by atoms with Crippen molar-refractivity contribution in [3.05, 3.63) is 35.8 Å². The number of hydrogen-bond donors (Lipinski definition) is 2. The van der Waals surface area contributed by atoms with Gasteiger partial charge < -0.3 is 15.4 Å². The zero-order valence-corrected chi connectivity index (χ0v) is 14.8. The van der Waals surface area contributed by atoms with Crippen LogP contribution in [0, 0.1) is 13.8 Å². The van der Waals surface area contributed by atoms with Crippen LogP contribution in [0.5, 0.6) is 0 Å². The molecule has 0 radical (unpaired) electrons. The maximum absolute atomic E-state index is 12.0. The first kappa shape index (κ1) is 17.4. The molecule has 2 aromatic heterocycles. The second-order valence-electron chi connectivity index (χ2n) is 6.40. The molecule has 7 nitrogen and oxygen atoms in total. The minimum Gasteiger partial charge on any atom is -0.378 e. The Morgan fingerprint density at radius 2 is 2.24 bits per heavy atom. The summed E-state index contributed by atoms with van der Waals surface area (Å²) >= 11 is 0. The highest BCUT2D eigenvalue weighted by molar-refractivity contribution is 5.89. The Hall–Kier alpha value is -2.41. The lowest BCUT2D eigenvalue weighted by Crippen LogP contribution is -2.32. The van der Waals surface area contributed by atoms with E-state index < -0.39 is 0 Å². The average Bonchev–Trinajstić information content (AvgIpc) is 2.95. The number of amides is 2. The lowest BCUT2D eigenvalue weighted by molar-refractivity contribution is 0.0120. The van der Waals surface area contributed by atoms with Crippen LogP contribution in [0.4, 0.5) is 10.5 Å². The van der Waals surface area contributed by atoms with E-state index in [1.54, 1.807) is 10.9 Å². The molecule has 2 aromatic rings. The SMILES string of the molecule is Cc1cc(C)n(-c2ccc(NC(=O)NCC[C@H]3CCCCO3)cn2)n1. The van der Waals surface area contributed by atoms with E-state index in [9.17, 15) is 4.79 Å². The standard InChI is InChI=1S/C18H25N5O2/c1-13-11-14(2)23(22-13)17-7-6-15(12-20-17)21-18(24)19-9-8-16-5-3-4-10-25-16/h6-7,11-12,16H,3-5,8-10H2,1-2H3,(H2,19,21,24)/t16-/m1/s1. The van der Waals surface area contributed by atoms with Crippen molar-refractivity contribution in [1.29, 1.82) is 0 Å². The molecule has 3 rings (SSSR count). The number of aromatic nitrogens is 3. The number of anilines is 1. The highest BCUT2D eigenvalue weighted by Crippen LogP contribution is 2.15. The second-order valence-corrected chi connectivity index (χ2v) is 6.40. The van der Waals surface area contributed by atoms with Gasteiger partial charge in [-0.1, -0.05) is 0 Å². The predicted molar refractivity (Wildman–Crippen MR) is 96.1 cm³/mol. The number of aryl methyl sites for hydroxylation is 2. The number of carbonyl (C=O) groups is 1. The van der Waals surface area contributed by atoms with Crippen molar-refractivity contribution in [2.75, 3.05) is 18.5 Å². The van der Waals surface area contributed by atoms with Crippen LogP contribution in [0.2, 0.25) is 0 Å². The number of ether oxygens (including phenoxy) is 1. The smallest absolute Gasteiger partial charge is 0.319 e. The first-order chi connectivity index (χ1) is 12.1. The van der Waals surface area contributed by atoms with Gasteiger partial charge in [-0.15, -0.1) is 0 Å². The highest BCUT2D eigenvalue weighted by atomic mass is 16.5. The van der Waals surface area contributed by atoms with Crippen LogP contribution < -0.4 is 10.6 Å². The fourth-order valence-electron chi connectivity index (χ4n) is 3.00. The molecule has 1 aliphatic rings. The van der Waals surface area contributed by atoms with Crippen LogP contribution in [0.25, 0.3) is 5.82 Å². The Bertz CT molecular complexity index is 705. The molecule has 0 aliphatic carbocycles. The molecule has 1 aliphatic heterocycles. The zero-order valence-electron chi connectivity index (χ0n) is 14.8. The topological polar surface area (TPSA) is 81.1 Å². The Labute approximate surface area is 147 Å². The number of hydrogen-bond acceptors (Lipinski definition) is 4. The Morgan fingerprint density at radius 1 is 1.36 bits per heavy atom. The van der Waals surface area contributed by atoms with E-state index in [1.165, 1.54) is 6.42 Å². The van der Waals surface area contributed by atoms with Gasteiger partial charge in [-0.3, -0.25) is 0 Å². The quantitative estimate of drug-likeness (QED) is 0.874. The molecule has 134 valence electrons. The van der Waals surface area contributed by atoms with Gasteiger partial charge in [-0.05, 0) is 57.7 Å². The van der Waals surface area contributed by atoms with Gasteiger partial charge in [0.05, 0.1) is 23.7 Å². The molecule has 2 amide bonds. The average molecular weight is 343 g/mol. The molecule has 7 heteroatoms. The first-order valence-electron chi connectivity index (χ1n) is 8.78. The van der Waals surface area contributed by atoms with Crippen LogP contribution in [-0.4, -0.2) is 40.1 Å². The number of carbonyl (C=O) groups excluding carboxylic acids is 1. The van der Waals surface area contributed by atoms with E-state index in [4.69, 9.17) is 4.74 Å². The van der Waals surface area contributed by atoms with Crippen LogP contribution in [0.1, 0.15) is 37.1 Å². The minimum absolute atomic E-state index is 0.225. The zero-order chi connectivity index (χ0) is 17.6. The molecule has 0 saturated carbocycles. The Balaban J connectivity index is 1.47. The van der Waals surface area contributed by atoms with Gasteiger partial charge in [0.15, 0.2) is 5.82 Å². The molecule has 25 heavy (non-hydrogen) atoms. The van der Waals surface area contributed by atoms with Gasteiger partial charge in [0.2, 0.25) is 0 Å². The van der Waals surface area contributed by atoms with Crippen LogP contribution in [0.3, 0.4) is 0 Å². The number of urea groups is 1. The Morgan fingerprint density at radius 3 is 2.88 bits per heavy atom. The summed E-state index contributed by atoms with van der Waals surface area (Å²) in [5, 5.41) is 10.1. The molecule has 3 heterocycles. The molecule has 0 spiro atoms. The monoisotopic (exact) mass is 343 g/mol. The molecule has 2 N–H and O–H groups in total. The fraction of sp³-hybridized carbons (Fsp3) is 0.500. The van der Waals surface area contributed by atoms with Crippen molar-refractivity contribution < 1.29 is 9.53 Å². The predicted octanol–water partition coefficient (Wildman–Crippen LogP) is 2.96. The van der Waals surface area contributed by atoms with Crippen LogP contribution in [-0.2, 0) is 4.74 Å². The normalized spacial score (nSPS) is 17.3. The van der Waals surface area contributed by atoms with Crippen LogP contribution >= 0.6 is 0 Å². The summed E-state index contributed by atoms with van der Waals surface area (Å²) in [6.45, 7) is 5.37. The summed E-state index contributed by atoms with van der Waals surface area (Å²) in [5.74, 6) is 0.728. The first-order valence-corrected chi connectivity index (χ1v) is 8.78. The van der Waals surface area contributed by atoms with Gasteiger partial charge in [-0.2, -0.15) is 5.10 Å². The summed E-state index contributed by atoms with van der Waals surface area (Å²) in [5.41, 5.74) is 2.62. The molecular weight excluding hydrogens is 318 g/mol. The number of nitrogens with zero attached hydrogens (tertiary/aromatic N) is 3. The fourth-order valence-corrected chi connectivity index (χ4v) is 3.00. The molecule has 0 aromatic carbocycles. The van der Waals surface area contributed by atoms with Crippen molar-refractivity contribution in [3.8, 4) is 5.82 Å². The molecule has 1 fully saturated rings. The molecule has 0 unspecified atom stereocenters. The summed E-state index contributed by atoms with van der Waals surface area (Å²) in [7, 11) is 0. The number of nitrogens with one attached hydrogen (secondary N) is 2. The molecule has 1 atom stereocenters. The Kier molecular flexibility index (Phi) is 5.65. The summed E-state index contributed by atoms with van der Waals surface area (Å²) in [4.78, 5) is 16.3. The van der Waals surface area contributed by atoms with Crippen molar-refractivity contribution in [2.45, 2.75) is 45.6 Å². The van der Waals surface area contributed by atoms with E-state index in [0.717, 1.165) is 43.1 Å². The van der Waals surface area contributed by atoms with Crippen molar-refractivity contribution in [3.63, 3.8) is 0 Å². The third-order valence-corrected chi connectivity index (χ3v) is 4.26. The third-order valence-electron chi connectivity index (χ3n) is 4.26. The second kappa shape index (κ2) is 8.11. The maximum atomic E-state index is 12.0.